The van der Waals surface area contributed by atoms with Gasteiger partial charge in [0.2, 0.25) is 0 Å². The summed E-state index contributed by atoms with van der Waals surface area (Å²) in [6.07, 6.45) is 0. The van der Waals surface area contributed by atoms with Crippen LogP contribution in [0.4, 0.5) is 0 Å². The van der Waals surface area contributed by atoms with E-state index >= 15 is 0 Å². The van der Waals surface area contributed by atoms with Crippen molar-refractivity contribution in [1.82, 2.24) is 0 Å². The zero-order valence-electron chi connectivity index (χ0n) is 5.30. The lowest BCUT2D eigenvalue weighted by Crippen LogP contribution is -2.20. The average Bonchev–Trinajstić information content (AvgIpc) is 1.63. The van der Waals surface area contributed by atoms with E-state index in [0.717, 1.165) is 0 Å². The quantitative estimate of drug-likeness (QED) is 0.170. The number of nitriles is 1. The molecule has 66 valence electrons. The molecule has 11 heavy (non-hydrogen) atoms. The number of nitrogens with one attached hydrogen (secondary N) is 1. The second kappa shape index (κ2) is 8.63. The van der Waals surface area contributed by atoms with Crippen LogP contribution < -0.4 is 11.5 Å². The fourth-order valence-corrected chi connectivity index (χ4v) is 0. The van der Waals surface area contributed by atoms with Crippen molar-refractivity contribution >= 4 is 16.4 Å². The van der Waals surface area contributed by atoms with Crippen molar-refractivity contribution in [2.75, 3.05) is 0 Å². The highest BCUT2D eigenvalue weighted by molar-refractivity contribution is 7.79. The minimum Gasteiger partial charge on any atom is -0.370 e. The molecular formula is C2H8N4O4S. The third-order valence-corrected chi connectivity index (χ3v) is 0. The zero-order valence-corrected chi connectivity index (χ0v) is 6.11. The minimum atomic E-state index is -4.67. The van der Waals surface area contributed by atoms with Gasteiger partial charge in [-0.2, -0.15) is 8.42 Å². The summed E-state index contributed by atoms with van der Waals surface area (Å²) in [6.45, 7) is 3.50. The molecule has 0 bridgehead atoms. The van der Waals surface area contributed by atoms with E-state index in [9.17, 15) is 0 Å². The number of nitrogens with two attached hydrogens (primary N) is 2. The maximum atomic E-state index is 8.74. The van der Waals surface area contributed by atoms with Crippen molar-refractivity contribution < 1.29 is 17.5 Å². The van der Waals surface area contributed by atoms with E-state index in [1.807, 2.05) is 0 Å². The fourth-order valence-electron chi connectivity index (χ4n) is 0. The SMILES string of the molecule is C#N.N=C(N)N.O=S(=O)(O)O. The Hall–Kier alpha value is -1.37. The number of rotatable bonds is 0. The lowest BCUT2D eigenvalue weighted by atomic mass is 11.1. The molecule has 0 radical (unpaired) electrons. The van der Waals surface area contributed by atoms with Gasteiger partial charge in [0.05, 0.1) is 0 Å². The van der Waals surface area contributed by atoms with Crippen LogP contribution in [0.5, 0.6) is 0 Å². The van der Waals surface area contributed by atoms with Gasteiger partial charge in [-0.1, -0.05) is 0 Å². The largest absolute Gasteiger partial charge is 0.394 e. The molecule has 0 heterocycles. The summed E-state index contributed by atoms with van der Waals surface area (Å²) in [5.74, 6) is -0.333. The van der Waals surface area contributed by atoms with Gasteiger partial charge in [0, 0.05) is 6.57 Å². The number of hydrogen-bond donors (Lipinski definition) is 5. The van der Waals surface area contributed by atoms with Gasteiger partial charge < -0.3 is 11.5 Å². The molecule has 9 heteroatoms. The zero-order chi connectivity index (χ0) is 10.1. The van der Waals surface area contributed by atoms with Crippen molar-refractivity contribution in [1.29, 1.82) is 10.7 Å². The average molecular weight is 184 g/mol. The predicted molar refractivity (Wildman–Crippen MR) is 36.9 cm³/mol. The molecule has 0 unspecified atom stereocenters. The Bertz CT molecular complexity index is 193. The smallest absolute Gasteiger partial charge is 0.370 e. The van der Waals surface area contributed by atoms with Gasteiger partial charge in [0.25, 0.3) is 0 Å². The van der Waals surface area contributed by atoms with Gasteiger partial charge in [-0.05, 0) is 0 Å². The summed E-state index contributed by atoms with van der Waals surface area (Å²) in [7, 11) is -4.67. The normalized spacial score (nSPS) is 7.64. The molecule has 0 aromatic rings. The molecule has 7 N–H and O–H groups in total. The van der Waals surface area contributed by atoms with Gasteiger partial charge in [0.15, 0.2) is 5.96 Å². The van der Waals surface area contributed by atoms with E-state index in [1.165, 1.54) is 0 Å². The molecule has 0 saturated carbocycles. The molecule has 0 aliphatic rings. The van der Waals surface area contributed by atoms with Crippen LogP contribution in [0.3, 0.4) is 0 Å². The van der Waals surface area contributed by atoms with Crippen molar-refractivity contribution in [2.45, 2.75) is 0 Å². The van der Waals surface area contributed by atoms with Gasteiger partial charge in [-0.3, -0.25) is 14.5 Å². The number of hydrogen-bond acceptors (Lipinski definition) is 4. The van der Waals surface area contributed by atoms with Gasteiger partial charge in [0.1, 0.15) is 0 Å². The van der Waals surface area contributed by atoms with E-state index < -0.39 is 10.4 Å². The van der Waals surface area contributed by atoms with Crippen LogP contribution in [0, 0.1) is 17.2 Å². The van der Waals surface area contributed by atoms with Gasteiger partial charge in [-0.25, -0.2) is 5.26 Å². The Morgan fingerprint density at radius 2 is 1.36 bits per heavy atom. The molecule has 0 aromatic carbocycles. The Kier molecular flexibility index (Phi) is 12.8. The molecule has 0 saturated heterocycles. The Morgan fingerprint density at radius 1 is 1.36 bits per heavy atom. The van der Waals surface area contributed by atoms with E-state index in [2.05, 4.69) is 18.0 Å². The molecule has 0 spiro atoms. The van der Waals surface area contributed by atoms with Crippen LogP contribution in [-0.4, -0.2) is 23.5 Å². The Balaban J connectivity index is -0.0000000965. The second-order valence-corrected chi connectivity index (χ2v) is 1.80. The maximum Gasteiger partial charge on any atom is 0.394 e. The van der Waals surface area contributed by atoms with Crippen LogP contribution >= 0.6 is 0 Å². The van der Waals surface area contributed by atoms with E-state index in [1.54, 1.807) is 0 Å². The third-order valence-electron chi connectivity index (χ3n) is 0. The molecular weight excluding hydrogens is 176 g/mol. The lowest BCUT2D eigenvalue weighted by Gasteiger charge is -1.69. The highest BCUT2D eigenvalue weighted by Crippen LogP contribution is 1.59. The summed E-state index contributed by atoms with van der Waals surface area (Å²) < 4.78 is 31.6. The molecule has 8 nitrogen and oxygen atoms in total. The van der Waals surface area contributed by atoms with Crippen LogP contribution in [0.25, 0.3) is 0 Å². The van der Waals surface area contributed by atoms with E-state index in [4.69, 9.17) is 28.2 Å². The summed E-state index contributed by atoms with van der Waals surface area (Å²) in [4.78, 5) is 0. The third kappa shape index (κ3) is 202. The standard InChI is InChI=1S/CH5N3.CHN.H2O4S/c2-1(3)4;1-2;1-5(2,3)4/h(H5,2,3,4);1H;(H2,1,2,3,4). The highest BCUT2D eigenvalue weighted by Gasteiger charge is 1.84. The monoisotopic (exact) mass is 184 g/mol. The molecule has 0 fully saturated rings. The first-order valence-electron chi connectivity index (χ1n) is 1.78. The minimum absolute atomic E-state index is 0.333. The van der Waals surface area contributed by atoms with Crippen molar-refractivity contribution in [3.8, 4) is 6.57 Å². The Morgan fingerprint density at radius 3 is 1.36 bits per heavy atom. The van der Waals surface area contributed by atoms with Crippen molar-refractivity contribution in [3.05, 3.63) is 0 Å². The van der Waals surface area contributed by atoms with Gasteiger partial charge in [-0.15, -0.1) is 0 Å². The summed E-state index contributed by atoms with van der Waals surface area (Å²) in [6, 6.07) is 0. The van der Waals surface area contributed by atoms with Crippen molar-refractivity contribution in [2.24, 2.45) is 11.5 Å². The molecule has 0 aliphatic carbocycles. The van der Waals surface area contributed by atoms with E-state index in [-0.39, 0.29) is 5.96 Å². The highest BCUT2D eigenvalue weighted by atomic mass is 32.3. The molecule has 0 rings (SSSR count). The first kappa shape index (κ1) is 16.3. The molecule has 0 aliphatic heterocycles. The maximum absolute atomic E-state index is 8.74. The topological polar surface area (TPSA) is 174 Å². The van der Waals surface area contributed by atoms with Crippen molar-refractivity contribution in [3.63, 3.8) is 0 Å². The number of nitrogens with zero attached hydrogens (tertiary/aromatic N) is 1. The van der Waals surface area contributed by atoms with Crippen LogP contribution in [0.15, 0.2) is 0 Å². The lowest BCUT2D eigenvalue weighted by molar-refractivity contribution is 0.381. The van der Waals surface area contributed by atoms with Crippen LogP contribution in [0.1, 0.15) is 0 Å². The number of guanidine groups is 1. The first-order valence-corrected chi connectivity index (χ1v) is 3.18. The van der Waals surface area contributed by atoms with Gasteiger partial charge >= 0.3 is 10.4 Å². The van der Waals surface area contributed by atoms with E-state index in [0.29, 0.717) is 0 Å². The second-order valence-electron chi connectivity index (χ2n) is 0.903. The first-order chi connectivity index (χ1) is 4.73. The fraction of sp³-hybridized carbons (Fsp3) is 0. The molecule has 0 amide bonds. The summed E-state index contributed by atoms with van der Waals surface area (Å²) in [5, 5.41) is 12.6. The summed E-state index contributed by atoms with van der Waals surface area (Å²) in [5.41, 5.74) is 8.94. The molecule has 0 atom stereocenters. The molecule has 0 aromatic heterocycles. The van der Waals surface area contributed by atoms with Crippen LogP contribution in [-0.2, 0) is 10.4 Å². The Labute approximate surface area is 63.5 Å². The predicted octanol–water partition coefficient (Wildman–Crippen LogP) is -1.67. The van der Waals surface area contributed by atoms with Crippen LogP contribution in [0.2, 0.25) is 0 Å². The summed E-state index contributed by atoms with van der Waals surface area (Å²) >= 11 is 0.